The number of carboxylic acid groups (broad SMARTS) is 1. The zero-order chi connectivity index (χ0) is 15.6. The fourth-order valence-electron chi connectivity index (χ4n) is 2.43. The molecule has 0 spiro atoms. The van der Waals surface area contributed by atoms with Crippen molar-refractivity contribution in [3.8, 4) is 0 Å². The Morgan fingerprint density at radius 3 is 2.45 bits per heavy atom. The number of carboxylic acids is 1. The van der Waals surface area contributed by atoms with Crippen LogP contribution >= 0.6 is 0 Å². The van der Waals surface area contributed by atoms with Crippen LogP contribution in [-0.2, 0) is 9.53 Å². The molecule has 1 fully saturated rings. The van der Waals surface area contributed by atoms with E-state index in [1.807, 2.05) is 27.7 Å². The minimum Gasteiger partial charge on any atom is -0.480 e. The lowest BCUT2D eigenvalue weighted by Gasteiger charge is -2.44. The van der Waals surface area contributed by atoms with Gasteiger partial charge in [-0.2, -0.15) is 0 Å². The molecule has 1 unspecified atom stereocenters. The number of rotatable bonds is 3. The Morgan fingerprint density at radius 1 is 1.40 bits per heavy atom. The van der Waals surface area contributed by atoms with Crippen molar-refractivity contribution in [3.63, 3.8) is 0 Å². The molecule has 0 aromatic carbocycles. The standard InChI is InChI=1S/C14H26N2O4/c1-13(2,3)16(9-11(17)18)12(19)15-8-6-7-14(4,10-15)20-5/h6-10H2,1-5H3,(H,17,18). The summed E-state index contributed by atoms with van der Waals surface area (Å²) in [6, 6.07) is -0.233. The smallest absolute Gasteiger partial charge is 0.323 e. The summed E-state index contributed by atoms with van der Waals surface area (Å²) >= 11 is 0. The number of carbonyl (C=O) groups excluding carboxylic acids is 1. The van der Waals surface area contributed by atoms with Crippen LogP contribution in [0.25, 0.3) is 0 Å². The number of piperidine rings is 1. The first-order valence-corrected chi connectivity index (χ1v) is 6.92. The Kier molecular flexibility index (Phi) is 5.02. The summed E-state index contributed by atoms with van der Waals surface area (Å²) in [4.78, 5) is 26.7. The van der Waals surface area contributed by atoms with E-state index >= 15 is 0 Å². The van der Waals surface area contributed by atoms with Crippen LogP contribution in [-0.4, -0.2) is 64.8 Å². The minimum absolute atomic E-state index is 0.233. The Hall–Kier alpha value is -1.30. The van der Waals surface area contributed by atoms with Gasteiger partial charge in [-0.1, -0.05) is 0 Å². The zero-order valence-corrected chi connectivity index (χ0v) is 13.1. The van der Waals surface area contributed by atoms with Crippen molar-refractivity contribution in [1.29, 1.82) is 0 Å². The number of ether oxygens (including phenoxy) is 1. The zero-order valence-electron chi connectivity index (χ0n) is 13.1. The number of urea groups is 1. The Labute approximate surface area is 120 Å². The van der Waals surface area contributed by atoms with Crippen LogP contribution in [0.3, 0.4) is 0 Å². The summed E-state index contributed by atoms with van der Waals surface area (Å²) in [6.07, 6.45) is 1.77. The maximum absolute atomic E-state index is 12.6. The first kappa shape index (κ1) is 16.8. The van der Waals surface area contributed by atoms with E-state index in [4.69, 9.17) is 9.84 Å². The van der Waals surface area contributed by atoms with Crippen molar-refractivity contribution in [2.75, 3.05) is 26.7 Å². The van der Waals surface area contributed by atoms with Gasteiger partial charge in [-0.25, -0.2) is 4.79 Å². The van der Waals surface area contributed by atoms with Crippen molar-refractivity contribution < 1.29 is 19.4 Å². The van der Waals surface area contributed by atoms with Gasteiger partial charge in [-0.15, -0.1) is 0 Å². The molecule has 1 rings (SSSR count). The van der Waals surface area contributed by atoms with Gasteiger partial charge in [0.15, 0.2) is 0 Å². The maximum atomic E-state index is 12.6. The highest BCUT2D eigenvalue weighted by molar-refractivity contribution is 5.81. The van der Waals surface area contributed by atoms with E-state index in [9.17, 15) is 9.59 Å². The molecule has 1 atom stereocenters. The number of aliphatic carboxylic acids is 1. The van der Waals surface area contributed by atoms with Gasteiger partial charge in [-0.3, -0.25) is 4.79 Å². The highest BCUT2D eigenvalue weighted by atomic mass is 16.5. The molecule has 1 heterocycles. The monoisotopic (exact) mass is 286 g/mol. The normalized spacial score (nSPS) is 23.6. The number of carbonyl (C=O) groups is 2. The van der Waals surface area contributed by atoms with E-state index in [2.05, 4.69) is 0 Å². The second-order valence-electron chi connectivity index (χ2n) is 6.61. The van der Waals surface area contributed by atoms with Crippen molar-refractivity contribution >= 4 is 12.0 Å². The van der Waals surface area contributed by atoms with E-state index in [0.29, 0.717) is 13.1 Å². The van der Waals surface area contributed by atoms with Crippen molar-refractivity contribution in [2.45, 2.75) is 51.7 Å². The van der Waals surface area contributed by atoms with Crippen LogP contribution < -0.4 is 0 Å². The number of hydrogen-bond acceptors (Lipinski definition) is 3. The first-order chi connectivity index (χ1) is 9.09. The Balaban J connectivity index is 2.87. The van der Waals surface area contributed by atoms with Crippen molar-refractivity contribution in [1.82, 2.24) is 9.80 Å². The molecule has 1 aliphatic rings. The Bertz CT molecular complexity index is 378. The third-order valence-corrected chi connectivity index (χ3v) is 3.76. The van der Waals surface area contributed by atoms with Crippen molar-refractivity contribution in [3.05, 3.63) is 0 Å². The fourth-order valence-corrected chi connectivity index (χ4v) is 2.43. The molecule has 1 saturated heterocycles. The van der Waals surface area contributed by atoms with Gasteiger partial charge in [-0.05, 0) is 40.5 Å². The minimum atomic E-state index is -1.00. The second-order valence-corrected chi connectivity index (χ2v) is 6.61. The van der Waals surface area contributed by atoms with Crippen LogP contribution in [0.15, 0.2) is 0 Å². The third-order valence-electron chi connectivity index (χ3n) is 3.76. The van der Waals surface area contributed by atoms with E-state index in [1.54, 1.807) is 12.0 Å². The van der Waals surface area contributed by atoms with E-state index in [-0.39, 0.29) is 18.2 Å². The molecule has 20 heavy (non-hydrogen) atoms. The predicted molar refractivity (Wildman–Crippen MR) is 75.7 cm³/mol. The second kappa shape index (κ2) is 5.99. The highest BCUT2D eigenvalue weighted by Crippen LogP contribution is 2.26. The molecule has 0 aromatic rings. The summed E-state index contributed by atoms with van der Waals surface area (Å²) in [5, 5.41) is 9.01. The van der Waals surface area contributed by atoms with Gasteiger partial charge < -0.3 is 19.6 Å². The largest absolute Gasteiger partial charge is 0.480 e. The first-order valence-electron chi connectivity index (χ1n) is 6.92. The molecular weight excluding hydrogens is 260 g/mol. The number of amides is 2. The van der Waals surface area contributed by atoms with Gasteiger partial charge in [0.05, 0.1) is 12.1 Å². The van der Waals surface area contributed by atoms with Gasteiger partial charge in [0.1, 0.15) is 6.54 Å². The van der Waals surface area contributed by atoms with Crippen molar-refractivity contribution in [2.24, 2.45) is 0 Å². The molecule has 1 N–H and O–H groups in total. The summed E-state index contributed by atoms with van der Waals surface area (Å²) < 4.78 is 5.48. The highest BCUT2D eigenvalue weighted by Gasteiger charge is 2.37. The van der Waals surface area contributed by atoms with E-state index in [1.165, 1.54) is 4.90 Å². The number of nitrogens with zero attached hydrogens (tertiary/aromatic N) is 2. The van der Waals surface area contributed by atoms with E-state index < -0.39 is 11.5 Å². The average molecular weight is 286 g/mol. The van der Waals surface area contributed by atoms with E-state index in [0.717, 1.165) is 12.8 Å². The molecule has 6 heteroatoms. The quantitative estimate of drug-likeness (QED) is 0.858. The van der Waals surface area contributed by atoms with Crippen LogP contribution in [0.2, 0.25) is 0 Å². The number of methoxy groups -OCH3 is 1. The van der Waals surface area contributed by atoms with Gasteiger partial charge >= 0.3 is 12.0 Å². The SMILES string of the molecule is COC1(C)CCCN(C(=O)N(CC(=O)O)C(C)(C)C)C1. The van der Waals surface area contributed by atoms with Crippen LogP contribution in [0.5, 0.6) is 0 Å². The molecule has 0 aromatic heterocycles. The topological polar surface area (TPSA) is 70.1 Å². The van der Waals surface area contributed by atoms with Crippen LogP contribution in [0, 0.1) is 0 Å². The number of hydrogen-bond donors (Lipinski definition) is 1. The summed E-state index contributed by atoms with van der Waals surface area (Å²) in [6.45, 7) is 8.35. The lowest BCUT2D eigenvalue weighted by atomic mass is 9.95. The fraction of sp³-hybridized carbons (Fsp3) is 0.857. The molecule has 0 bridgehead atoms. The molecular formula is C14H26N2O4. The van der Waals surface area contributed by atoms with Crippen LogP contribution in [0.1, 0.15) is 40.5 Å². The average Bonchev–Trinajstić information content (AvgIpc) is 2.34. The maximum Gasteiger partial charge on any atom is 0.323 e. The molecule has 0 radical (unpaired) electrons. The predicted octanol–water partition coefficient (Wildman–Crippen LogP) is 1.79. The molecule has 0 aliphatic carbocycles. The lowest BCUT2D eigenvalue weighted by molar-refractivity contribution is -0.139. The molecule has 0 saturated carbocycles. The molecule has 116 valence electrons. The summed E-state index contributed by atoms with van der Waals surface area (Å²) in [7, 11) is 1.65. The Morgan fingerprint density at radius 2 is 2.00 bits per heavy atom. The van der Waals surface area contributed by atoms with Gasteiger partial charge in [0.25, 0.3) is 0 Å². The summed E-state index contributed by atoms with van der Waals surface area (Å²) in [5.74, 6) is -1.00. The molecule has 1 aliphatic heterocycles. The van der Waals surface area contributed by atoms with Crippen LogP contribution in [0.4, 0.5) is 4.79 Å². The third kappa shape index (κ3) is 4.10. The number of likely N-dealkylation sites (tertiary alicyclic amines) is 1. The van der Waals surface area contributed by atoms with Gasteiger partial charge in [0.2, 0.25) is 0 Å². The molecule has 2 amide bonds. The molecule has 6 nitrogen and oxygen atoms in total. The summed E-state index contributed by atoms with van der Waals surface area (Å²) in [5.41, 5.74) is -0.878. The lowest BCUT2D eigenvalue weighted by Crippen LogP contribution is -2.58. The van der Waals surface area contributed by atoms with Gasteiger partial charge in [0, 0.05) is 19.2 Å².